The smallest absolute Gasteiger partial charge is 0.410 e. The molecule has 0 saturated carbocycles. The molecule has 1 rings (SSSR count). The second-order valence-electron chi connectivity index (χ2n) is 8.31. The van der Waals surface area contributed by atoms with E-state index >= 15 is 0 Å². The highest BCUT2D eigenvalue weighted by molar-refractivity contribution is 5.82. The maximum absolute atomic E-state index is 11.9. The lowest BCUT2D eigenvalue weighted by Crippen LogP contribution is -2.41. The van der Waals surface area contributed by atoms with E-state index in [9.17, 15) is 9.59 Å². The summed E-state index contributed by atoms with van der Waals surface area (Å²) < 4.78 is 10.8. The lowest BCUT2D eigenvalue weighted by molar-refractivity contribution is -0.122. The second-order valence-corrected chi connectivity index (χ2v) is 8.31. The molecule has 1 aromatic rings. The molecule has 0 bridgehead atoms. The van der Waals surface area contributed by atoms with Gasteiger partial charge in [0, 0.05) is 7.05 Å². The second kappa shape index (κ2) is 8.92. The van der Waals surface area contributed by atoms with E-state index < -0.39 is 11.7 Å². The summed E-state index contributed by atoms with van der Waals surface area (Å²) in [4.78, 5) is 24.9. The lowest BCUT2D eigenvalue weighted by atomic mass is 9.87. The Morgan fingerprint density at radius 3 is 2.12 bits per heavy atom. The Hall–Kier alpha value is -2.24. The van der Waals surface area contributed by atoms with E-state index in [0.29, 0.717) is 13.2 Å². The number of carbonyl (C=O) groups excluding carboxylic acids is 2. The summed E-state index contributed by atoms with van der Waals surface area (Å²) in [6.45, 7) is 12.5. The minimum Gasteiger partial charge on any atom is -0.492 e. The zero-order chi connectivity index (χ0) is 20.0. The Morgan fingerprint density at radius 2 is 1.62 bits per heavy atom. The third-order valence-electron chi connectivity index (χ3n) is 3.50. The fraction of sp³-hybridized carbons (Fsp3) is 0.600. The van der Waals surface area contributed by atoms with Crippen LogP contribution in [0.4, 0.5) is 4.79 Å². The molecule has 0 aromatic heterocycles. The van der Waals surface area contributed by atoms with Gasteiger partial charge >= 0.3 is 6.09 Å². The third kappa shape index (κ3) is 8.23. The first kappa shape index (κ1) is 21.8. The number of ether oxygens (including phenoxy) is 2. The normalized spacial score (nSPS) is 11.7. The number of hydrogen-bond acceptors (Lipinski definition) is 4. The largest absolute Gasteiger partial charge is 0.492 e. The number of carbonyl (C=O) groups is 2. The summed E-state index contributed by atoms with van der Waals surface area (Å²) in [6.07, 6.45) is -0.525. The molecule has 0 aliphatic rings. The van der Waals surface area contributed by atoms with Crippen molar-refractivity contribution in [1.29, 1.82) is 0 Å². The molecule has 0 saturated heterocycles. The van der Waals surface area contributed by atoms with Gasteiger partial charge in [-0.25, -0.2) is 4.79 Å². The highest BCUT2D eigenvalue weighted by Gasteiger charge is 2.21. The minimum absolute atomic E-state index is 0.0603. The van der Waals surface area contributed by atoms with Crippen molar-refractivity contribution in [2.45, 2.75) is 52.6 Å². The summed E-state index contributed by atoms with van der Waals surface area (Å²) in [5.41, 5.74) is 0.758. The molecular weight excluding hydrogens is 332 g/mol. The van der Waals surface area contributed by atoms with E-state index in [0.717, 1.165) is 5.75 Å². The van der Waals surface area contributed by atoms with Crippen LogP contribution < -0.4 is 10.1 Å². The molecule has 1 aromatic carbocycles. The van der Waals surface area contributed by atoms with Gasteiger partial charge in [-0.1, -0.05) is 32.9 Å². The molecule has 0 atom stereocenters. The number of benzene rings is 1. The fourth-order valence-corrected chi connectivity index (χ4v) is 2.09. The third-order valence-corrected chi connectivity index (χ3v) is 3.50. The monoisotopic (exact) mass is 364 g/mol. The van der Waals surface area contributed by atoms with Crippen LogP contribution in [0.1, 0.15) is 47.1 Å². The summed E-state index contributed by atoms with van der Waals surface area (Å²) in [5, 5.41) is 2.72. The van der Waals surface area contributed by atoms with Gasteiger partial charge < -0.3 is 19.7 Å². The van der Waals surface area contributed by atoms with Crippen LogP contribution in [0.25, 0.3) is 0 Å². The van der Waals surface area contributed by atoms with Gasteiger partial charge in [0.25, 0.3) is 0 Å². The van der Waals surface area contributed by atoms with Crippen LogP contribution in [0.3, 0.4) is 0 Å². The minimum atomic E-state index is -0.585. The average molecular weight is 364 g/mol. The van der Waals surface area contributed by atoms with Crippen LogP contribution in [-0.2, 0) is 14.9 Å². The maximum atomic E-state index is 11.9. The molecular formula is C20H32N2O4. The number of likely N-dealkylation sites (N-methyl/N-ethyl adjacent to an activating group) is 1. The molecule has 6 heteroatoms. The van der Waals surface area contributed by atoms with Crippen LogP contribution >= 0.6 is 0 Å². The molecule has 26 heavy (non-hydrogen) atoms. The van der Waals surface area contributed by atoms with Crippen LogP contribution in [0.2, 0.25) is 0 Å². The number of nitrogens with one attached hydrogen (secondary N) is 1. The Bertz CT molecular complexity index is 598. The molecule has 1 N–H and O–H groups in total. The Kier molecular flexibility index (Phi) is 7.48. The molecule has 0 fully saturated rings. The highest BCUT2D eigenvalue weighted by Crippen LogP contribution is 2.24. The molecule has 2 amide bonds. The molecule has 0 aliphatic heterocycles. The van der Waals surface area contributed by atoms with Gasteiger partial charge in [0.05, 0.1) is 6.54 Å². The van der Waals surface area contributed by atoms with Crippen molar-refractivity contribution in [2.75, 3.05) is 26.7 Å². The van der Waals surface area contributed by atoms with Gasteiger partial charge in [0.2, 0.25) is 5.91 Å². The summed E-state index contributed by atoms with van der Waals surface area (Å²) in [6, 6.07) is 7.95. The van der Waals surface area contributed by atoms with E-state index in [1.807, 2.05) is 24.3 Å². The first-order chi connectivity index (χ1) is 11.9. The number of amides is 2. The van der Waals surface area contributed by atoms with Crippen molar-refractivity contribution in [3.8, 4) is 5.75 Å². The SMILES string of the molecule is CN(CC(=O)NCCOc1ccc(C(C)(C)C)cc1)C(=O)OC(C)(C)C. The van der Waals surface area contributed by atoms with E-state index in [-0.39, 0.29) is 17.9 Å². The van der Waals surface area contributed by atoms with Crippen molar-refractivity contribution in [3.63, 3.8) is 0 Å². The molecule has 146 valence electrons. The number of rotatable bonds is 6. The predicted octanol–water partition coefficient (Wildman–Crippen LogP) is 3.35. The molecule has 0 aliphatic carbocycles. The van der Waals surface area contributed by atoms with Gasteiger partial charge in [-0.2, -0.15) is 0 Å². The number of hydrogen-bond donors (Lipinski definition) is 1. The van der Waals surface area contributed by atoms with Gasteiger partial charge in [-0.15, -0.1) is 0 Å². The summed E-state index contributed by atoms with van der Waals surface area (Å²) >= 11 is 0. The van der Waals surface area contributed by atoms with E-state index in [1.54, 1.807) is 20.8 Å². The highest BCUT2D eigenvalue weighted by atomic mass is 16.6. The predicted molar refractivity (Wildman–Crippen MR) is 103 cm³/mol. The van der Waals surface area contributed by atoms with Gasteiger partial charge in [-0.05, 0) is 43.9 Å². The maximum Gasteiger partial charge on any atom is 0.410 e. The van der Waals surface area contributed by atoms with Crippen LogP contribution in [0, 0.1) is 0 Å². The lowest BCUT2D eigenvalue weighted by Gasteiger charge is -2.24. The van der Waals surface area contributed by atoms with Crippen LogP contribution in [-0.4, -0.2) is 49.2 Å². The van der Waals surface area contributed by atoms with Crippen LogP contribution in [0.5, 0.6) is 5.75 Å². The van der Waals surface area contributed by atoms with Crippen molar-refractivity contribution in [1.82, 2.24) is 10.2 Å². The van der Waals surface area contributed by atoms with E-state index in [2.05, 4.69) is 26.1 Å². The van der Waals surface area contributed by atoms with Gasteiger partial charge in [-0.3, -0.25) is 4.79 Å². The first-order valence-electron chi connectivity index (χ1n) is 8.82. The molecule has 0 heterocycles. The van der Waals surface area contributed by atoms with Crippen molar-refractivity contribution < 1.29 is 19.1 Å². The Balaban J connectivity index is 2.31. The van der Waals surface area contributed by atoms with Gasteiger partial charge in [0.15, 0.2) is 0 Å². The first-order valence-corrected chi connectivity index (χ1v) is 8.82. The Morgan fingerprint density at radius 1 is 1.04 bits per heavy atom. The molecule has 0 spiro atoms. The molecule has 0 radical (unpaired) electrons. The van der Waals surface area contributed by atoms with Crippen molar-refractivity contribution in [3.05, 3.63) is 29.8 Å². The molecule has 0 unspecified atom stereocenters. The molecule has 6 nitrogen and oxygen atoms in total. The topological polar surface area (TPSA) is 67.9 Å². The zero-order valence-electron chi connectivity index (χ0n) is 17.0. The zero-order valence-corrected chi connectivity index (χ0v) is 17.0. The summed E-state index contributed by atoms with van der Waals surface area (Å²) in [5.74, 6) is 0.503. The quantitative estimate of drug-likeness (QED) is 0.786. The van der Waals surface area contributed by atoms with Crippen LogP contribution in [0.15, 0.2) is 24.3 Å². The summed E-state index contributed by atoms with van der Waals surface area (Å²) in [7, 11) is 1.53. The standard InChI is InChI=1S/C20H32N2O4/c1-19(2,3)15-8-10-16(11-9-15)25-13-12-21-17(23)14-22(7)18(24)26-20(4,5)6/h8-11H,12-14H2,1-7H3,(H,21,23). The number of nitrogens with zero attached hydrogens (tertiary/aromatic N) is 1. The Labute approximate surface area is 156 Å². The average Bonchev–Trinajstić information content (AvgIpc) is 2.49. The fourth-order valence-electron chi connectivity index (χ4n) is 2.09. The van der Waals surface area contributed by atoms with Gasteiger partial charge in [0.1, 0.15) is 24.5 Å². The van der Waals surface area contributed by atoms with Crippen molar-refractivity contribution in [2.24, 2.45) is 0 Å². The van der Waals surface area contributed by atoms with E-state index in [4.69, 9.17) is 9.47 Å². The van der Waals surface area contributed by atoms with E-state index in [1.165, 1.54) is 17.5 Å². The van der Waals surface area contributed by atoms with Crippen molar-refractivity contribution >= 4 is 12.0 Å².